The lowest BCUT2D eigenvalue weighted by atomic mass is 10.2. The fraction of sp³-hybridized carbons (Fsp3) is 0.875. The Kier molecular flexibility index (Phi) is 4.99. The van der Waals surface area contributed by atoms with Crippen molar-refractivity contribution in [2.45, 2.75) is 40.2 Å². The zero-order valence-electron chi connectivity index (χ0n) is 7.44. The third-order valence-electron chi connectivity index (χ3n) is 1.45. The van der Waals surface area contributed by atoms with E-state index in [2.05, 4.69) is 17.2 Å². The predicted octanol–water partition coefficient (Wildman–Crippen LogP) is 1.81. The van der Waals surface area contributed by atoms with E-state index in [1.807, 2.05) is 20.8 Å². The molecule has 2 heteroatoms. The molecule has 1 N–H and O–H groups in total. The Balaban J connectivity index is 0.000000371. The number of aliphatic imine (C=N–C) groups is 1. The molecule has 0 aromatic rings. The van der Waals surface area contributed by atoms with Gasteiger partial charge in [0.15, 0.2) is 0 Å². The van der Waals surface area contributed by atoms with Gasteiger partial charge in [-0.1, -0.05) is 20.8 Å². The lowest BCUT2D eigenvalue weighted by Crippen LogP contribution is -2.27. The largest absolute Gasteiger partial charge is 0.369 e. The van der Waals surface area contributed by atoms with Crippen LogP contribution >= 0.6 is 0 Å². The molecule has 0 bridgehead atoms. The van der Waals surface area contributed by atoms with E-state index in [-0.39, 0.29) is 0 Å². The molecule has 0 radical (unpaired) electrons. The van der Waals surface area contributed by atoms with E-state index in [9.17, 15) is 0 Å². The third kappa shape index (κ3) is 2.85. The van der Waals surface area contributed by atoms with Crippen LogP contribution in [-0.4, -0.2) is 18.4 Å². The molecule has 1 aliphatic heterocycles. The molecular formula is C8H18N2. The van der Waals surface area contributed by atoms with Crippen LogP contribution < -0.4 is 5.32 Å². The molecule has 0 aliphatic carbocycles. The summed E-state index contributed by atoms with van der Waals surface area (Å²) in [7, 11) is 0. The van der Waals surface area contributed by atoms with Crippen LogP contribution in [-0.2, 0) is 0 Å². The molecule has 10 heavy (non-hydrogen) atoms. The molecule has 1 atom stereocenters. The van der Waals surface area contributed by atoms with E-state index >= 15 is 0 Å². The van der Waals surface area contributed by atoms with Crippen molar-refractivity contribution >= 4 is 5.84 Å². The first-order chi connectivity index (χ1) is 4.83. The Hall–Kier alpha value is -0.530. The molecule has 1 heterocycles. The Morgan fingerprint density at radius 2 is 2.20 bits per heavy atom. The molecule has 60 valence electrons. The van der Waals surface area contributed by atoms with Crippen molar-refractivity contribution in [3.63, 3.8) is 0 Å². The minimum absolute atomic E-state index is 0.620. The van der Waals surface area contributed by atoms with Gasteiger partial charge in [-0.25, -0.2) is 0 Å². The highest BCUT2D eigenvalue weighted by Crippen LogP contribution is 1.97. The molecule has 0 amide bonds. The highest BCUT2D eigenvalue weighted by atomic mass is 15.1. The topological polar surface area (TPSA) is 24.4 Å². The second kappa shape index (κ2) is 5.27. The number of amidine groups is 1. The normalized spacial score (nSPS) is 22.4. The summed E-state index contributed by atoms with van der Waals surface area (Å²) < 4.78 is 0. The molecule has 1 aliphatic rings. The number of hydrogen-bond donors (Lipinski definition) is 1. The van der Waals surface area contributed by atoms with Gasteiger partial charge in [-0.2, -0.15) is 0 Å². The second-order valence-electron chi connectivity index (χ2n) is 2.18. The van der Waals surface area contributed by atoms with E-state index < -0.39 is 0 Å². The molecule has 0 unspecified atom stereocenters. The second-order valence-corrected chi connectivity index (χ2v) is 2.18. The van der Waals surface area contributed by atoms with Crippen molar-refractivity contribution in [3.05, 3.63) is 0 Å². The van der Waals surface area contributed by atoms with E-state index in [4.69, 9.17) is 0 Å². The summed E-state index contributed by atoms with van der Waals surface area (Å²) >= 11 is 0. The van der Waals surface area contributed by atoms with Gasteiger partial charge in [0.2, 0.25) is 0 Å². The summed E-state index contributed by atoms with van der Waals surface area (Å²) in [4.78, 5) is 4.19. The standard InChI is InChI=1S/C6H12N2.C2H6/c1-3-6-4-7-5(2)8-6;1-2/h6H,3-4H2,1-2H3,(H,7,8);1-2H3/t6-;/m0./s1. The first kappa shape index (κ1) is 9.47. The summed E-state index contributed by atoms with van der Waals surface area (Å²) in [6.07, 6.45) is 1.18. The van der Waals surface area contributed by atoms with Gasteiger partial charge in [-0.05, 0) is 13.3 Å². The molecule has 2 nitrogen and oxygen atoms in total. The van der Waals surface area contributed by atoms with E-state index in [1.165, 1.54) is 6.42 Å². The van der Waals surface area contributed by atoms with Crippen LogP contribution in [0.4, 0.5) is 0 Å². The van der Waals surface area contributed by atoms with Crippen LogP contribution in [0.15, 0.2) is 4.99 Å². The Morgan fingerprint density at radius 3 is 2.40 bits per heavy atom. The van der Waals surface area contributed by atoms with Crippen LogP contribution in [0.3, 0.4) is 0 Å². The van der Waals surface area contributed by atoms with Crippen LogP contribution in [0.2, 0.25) is 0 Å². The maximum atomic E-state index is 4.19. The molecule has 0 spiro atoms. The highest BCUT2D eigenvalue weighted by Gasteiger charge is 2.10. The lowest BCUT2D eigenvalue weighted by Gasteiger charge is -2.04. The van der Waals surface area contributed by atoms with Gasteiger partial charge >= 0.3 is 0 Å². The summed E-state index contributed by atoms with van der Waals surface area (Å²) in [5, 5.41) is 3.25. The number of rotatable bonds is 1. The average molecular weight is 142 g/mol. The number of nitrogens with one attached hydrogen (secondary N) is 1. The van der Waals surface area contributed by atoms with Crippen LogP contribution in [0.5, 0.6) is 0 Å². The fourth-order valence-corrected chi connectivity index (χ4v) is 0.865. The van der Waals surface area contributed by atoms with Crippen molar-refractivity contribution < 1.29 is 0 Å². The van der Waals surface area contributed by atoms with E-state index in [1.54, 1.807) is 0 Å². The van der Waals surface area contributed by atoms with Gasteiger partial charge in [-0.15, -0.1) is 0 Å². The van der Waals surface area contributed by atoms with Crippen molar-refractivity contribution in [2.75, 3.05) is 6.54 Å². The Bertz CT molecular complexity index is 108. The summed E-state index contributed by atoms with van der Waals surface area (Å²) in [5.74, 6) is 1.09. The molecule has 0 saturated heterocycles. The van der Waals surface area contributed by atoms with E-state index in [0.717, 1.165) is 12.4 Å². The summed E-state index contributed by atoms with van der Waals surface area (Å²) in [6.45, 7) is 9.16. The molecule has 1 rings (SSSR count). The quantitative estimate of drug-likeness (QED) is 0.593. The van der Waals surface area contributed by atoms with Crippen molar-refractivity contribution in [1.29, 1.82) is 0 Å². The van der Waals surface area contributed by atoms with Crippen molar-refractivity contribution in [2.24, 2.45) is 4.99 Å². The first-order valence-corrected chi connectivity index (χ1v) is 4.10. The first-order valence-electron chi connectivity index (χ1n) is 4.10. The predicted molar refractivity (Wildman–Crippen MR) is 46.5 cm³/mol. The average Bonchev–Trinajstić information content (AvgIpc) is 2.40. The summed E-state index contributed by atoms with van der Waals surface area (Å²) in [6, 6.07) is 0.620. The zero-order valence-corrected chi connectivity index (χ0v) is 7.44. The Labute approximate surface area is 63.7 Å². The zero-order chi connectivity index (χ0) is 7.98. The molecule has 0 aromatic carbocycles. The lowest BCUT2D eigenvalue weighted by molar-refractivity contribution is 0.635. The molecule has 0 saturated carbocycles. The van der Waals surface area contributed by atoms with Gasteiger partial charge < -0.3 is 5.32 Å². The van der Waals surface area contributed by atoms with Crippen LogP contribution in [0, 0.1) is 0 Å². The minimum atomic E-state index is 0.620. The van der Waals surface area contributed by atoms with Gasteiger partial charge in [-0.3, -0.25) is 4.99 Å². The molecule has 0 aromatic heterocycles. The number of nitrogens with zero attached hydrogens (tertiary/aromatic N) is 1. The maximum absolute atomic E-state index is 4.19. The monoisotopic (exact) mass is 142 g/mol. The number of hydrogen-bond acceptors (Lipinski definition) is 2. The Morgan fingerprint density at radius 1 is 1.60 bits per heavy atom. The van der Waals surface area contributed by atoms with Gasteiger partial charge in [0.25, 0.3) is 0 Å². The van der Waals surface area contributed by atoms with E-state index in [0.29, 0.717) is 6.04 Å². The van der Waals surface area contributed by atoms with Crippen LogP contribution in [0.25, 0.3) is 0 Å². The summed E-state index contributed by atoms with van der Waals surface area (Å²) in [5.41, 5.74) is 0. The van der Waals surface area contributed by atoms with Crippen molar-refractivity contribution in [1.82, 2.24) is 5.32 Å². The molecule has 0 fully saturated rings. The van der Waals surface area contributed by atoms with Crippen LogP contribution in [0.1, 0.15) is 34.1 Å². The SMILES string of the molecule is CC.CC[C@H]1CN=C(C)N1. The third-order valence-corrected chi connectivity index (χ3v) is 1.45. The fourth-order valence-electron chi connectivity index (χ4n) is 0.865. The van der Waals surface area contributed by atoms with Crippen molar-refractivity contribution in [3.8, 4) is 0 Å². The van der Waals surface area contributed by atoms with Gasteiger partial charge in [0.05, 0.1) is 12.4 Å². The van der Waals surface area contributed by atoms with Gasteiger partial charge in [0, 0.05) is 6.04 Å². The minimum Gasteiger partial charge on any atom is -0.369 e. The smallest absolute Gasteiger partial charge is 0.0935 e. The molecular weight excluding hydrogens is 124 g/mol. The van der Waals surface area contributed by atoms with Gasteiger partial charge in [0.1, 0.15) is 0 Å². The highest BCUT2D eigenvalue weighted by molar-refractivity contribution is 5.81. The maximum Gasteiger partial charge on any atom is 0.0935 e.